The van der Waals surface area contributed by atoms with E-state index >= 15 is 0 Å². The Kier molecular flexibility index (Phi) is 10.1. The number of rotatable bonds is 3. The Morgan fingerprint density at radius 2 is 1.32 bits per heavy atom. The van der Waals surface area contributed by atoms with Crippen LogP contribution in [0.4, 0.5) is 11.4 Å². The minimum Gasteiger partial charge on any atom is -0.413 e. The summed E-state index contributed by atoms with van der Waals surface area (Å²) < 4.78 is 9.68. The molecule has 0 radical (unpaired) electrons. The molecule has 0 saturated carbocycles. The Morgan fingerprint density at radius 3 is 1.84 bits per heavy atom. The zero-order valence-electron chi connectivity index (χ0n) is 18.5. The maximum Gasteiger partial charge on any atom is 0.343 e. The second kappa shape index (κ2) is 12.3. The summed E-state index contributed by atoms with van der Waals surface area (Å²) in [6.45, 7) is 17.3. The molecule has 3 N–H and O–H groups in total. The van der Waals surface area contributed by atoms with Gasteiger partial charge in [0, 0.05) is 0 Å². The van der Waals surface area contributed by atoms with E-state index in [2.05, 4.69) is 24.6 Å². The Labute approximate surface area is 213 Å². The summed E-state index contributed by atoms with van der Waals surface area (Å²) >= 11 is 1.24. The third-order valence-corrected chi connectivity index (χ3v) is 5.42. The second-order valence-electron chi connectivity index (χ2n) is 6.73. The molecule has 0 aromatic carbocycles. The van der Waals surface area contributed by atoms with Gasteiger partial charge in [0.2, 0.25) is 11.4 Å². The van der Waals surface area contributed by atoms with Crippen molar-refractivity contribution in [2.45, 2.75) is 46.7 Å². The Bertz CT molecular complexity index is 1850. The summed E-state index contributed by atoms with van der Waals surface area (Å²) in [7, 11) is 0. The van der Waals surface area contributed by atoms with Crippen LogP contribution in [0.3, 0.4) is 0 Å². The summed E-state index contributed by atoms with van der Waals surface area (Å²) in [4.78, 5) is 74.7. The first-order valence-corrected chi connectivity index (χ1v) is 11.1. The van der Waals surface area contributed by atoms with E-state index in [1.165, 1.54) is 11.8 Å². The fourth-order valence-corrected chi connectivity index (χ4v) is 3.73. The molecule has 0 aliphatic rings. The largest absolute Gasteiger partial charge is 0.413 e. The van der Waals surface area contributed by atoms with Crippen molar-refractivity contribution in [3.8, 4) is 0 Å². The van der Waals surface area contributed by atoms with Crippen LogP contribution < -0.4 is 28.1 Å². The lowest BCUT2D eigenvalue weighted by Gasteiger charge is -2.04. The van der Waals surface area contributed by atoms with Gasteiger partial charge in [-0.25, -0.2) is 14.5 Å². The number of hydrogen-bond donors (Lipinski definition) is 3. The van der Waals surface area contributed by atoms with E-state index in [-0.39, 0.29) is 54.0 Å². The number of hydrogen-bond acceptors (Lipinski definition) is 9. The van der Waals surface area contributed by atoms with Crippen LogP contribution in [0.5, 0.6) is 0 Å². The average molecular weight is 529 g/mol. The van der Waals surface area contributed by atoms with Crippen LogP contribution in [0.15, 0.2) is 38.0 Å². The van der Waals surface area contributed by atoms with Gasteiger partial charge < -0.3 is 13.8 Å². The van der Waals surface area contributed by atoms with Crippen molar-refractivity contribution >= 4 is 45.3 Å². The van der Waals surface area contributed by atoms with E-state index in [0.29, 0.717) is 23.6 Å². The van der Waals surface area contributed by atoms with Gasteiger partial charge in [-0.3, -0.25) is 29.1 Å². The average Bonchev–Trinajstić information content (AvgIpc) is 2.82. The molecule has 13 nitrogen and oxygen atoms in total. The molecule has 0 fully saturated rings. The van der Waals surface area contributed by atoms with E-state index in [9.17, 15) is 24.0 Å². The van der Waals surface area contributed by atoms with E-state index in [0.717, 1.165) is 0 Å². The van der Waals surface area contributed by atoms with Crippen LogP contribution in [0.1, 0.15) is 39.8 Å². The zero-order valence-corrected chi connectivity index (χ0v) is 19.3. The second-order valence-corrected chi connectivity index (χ2v) is 7.53. The van der Waals surface area contributed by atoms with Gasteiger partial charge in [0.1, 0.15) is 0 Å². The molecule has 0 amide bonds. The van der Waals surface area contributed by atoms with Crippen LogP contribution in [0.2, 0.25) is 0 Å². The summed E-state index contributed by atoms with van der Waals surface area (Å²) in [5.41, 5.74) is -3.35. The fourth-order valence-electron chi connectivity index (χ4n) is 3.36. The molecule has 0 unspecified atom stereocenters. The third kappa shape index (κ3) is 5.60. The highest BCUT2D eigenvalue weighted by molar-refractivity contribution is 7.98. The van der Waals surface area contributed by atoms with Crippen molar-refractivity contribution in [1.82, 2.24) is 19.9 Å². The van der Waals surface area contributed by atoms with Gasteiger partial charge >= 0.3 is 16.9 Å². The topological polar surface area (TPSA) is 181 Å². The molecule has 0 atom stereocenters. The smallest absolute Gasteiger partial charge is 0.343 e. The quantitative estimate of drug-likeness (QED) is 0.204. The van der Waals surface area contributed by atoms with Crippen molar-refractivity contribution in [3.05, 3.63) is 86.0 Å². The number of aromatic amines is 3. The first-order chi connectivity index (χ1) is 16.7. The molecule has 14 heteroatoms. The van der Waals surface area contributed by atoms with Crippen LogP contribution in [0.25, 0.3) is 31.9 Å². The van der Waals surface area contributed by atoms with Crippen LogP contribution in [0, 0.1) is 13.1 Å². The summed E-state index contributed by atoms with van der Waals surface area (Å²) in [5, 5.41) is 0.590. The molecule has 0 bridgehead atoms. The van der Waals surface area contributed by atoms with E-state index in [1.807, 2.05) is 4.98 Å². The molecule has 0 spiro atoms. The molecule has 0 aliphatic carbocycles. The van der Waals surface area contributed by atoms with E-state index in [1.54, 1.807) is 20.1 Å². The summed E-state index contributed by atoms with van der Waals surface area (Å²) in [6, 6.07) is 0. The first-order valence-electron chi connectivity index (χ1n) is 9.91. The van der Waals surface area contributed by atoms with Crippen LogP contribution in [-0.2, 0) is 12.8 Å². The van der Waals surface area contributed by atoms with Gasteiger partial charge in [0.15, 0.2) is 5.16 Å². The van der Waals surface area contributed by atoms with Gasteiger partial charge in [-0.05, 0) is 30.2 Å². The molecule has 4 rings (SSSR count). The minimum atomic E-state index is -0.856. The minimum absolute atomic E-state index is 0. The van der Waals surface area contributed by atoms with Crippen LogP contribution >= 0.6 is 11.8 Å². The Morgan fingerprint density at radius 1 is 0.811 bits per heavy atom. The van der Waals surface area contributed by atoms with Gasteiger partial charge in [-0.15, -0.1) is 0 Å². The number of aromatic nitrogens is 4. The Hall–Kier alpha value is -4.69. The molecule has 4 aromatic heterocycles. The molecule has 37 heavy (non-hydrogen) atoms. The predicted octanol–water partition coefficient (Wildman–Crippen LogP) is 3.27. The van der Waals surface area contributed by atoms with Crippen molar-refractivity contribution in [1.29, 1.82) is 0 Å². The highest BCUT2D eigenvalue weighted by atomic mass is 32.2. The van der Waals surface area contributed by atoms with Crippen molar-refractivity contribution in [2.24, 2.45) is 0 Å². The van der Waals surface area contributed by atoms with Crippen molar-refractivity contribution in [3.63, 3.8) is 0 Å². The third-order valence-electron chi connectivity index (χ3n) is 4.84. The number of aryl methyl sites for hydroxylation is 2. The molecular formula is C23H24N6O7S. The number of thioether (sulfide) groups is 1. The van der Waals surface area contributed by atoms with Gasteiger partial charge in [-0.1, -0.05) is 40.5 Å². The maximum atomic E-state index is 11.9. The van der Waals surface area contributed by atoms with E-state index < -0.39 is 28.1 Å². The molecule has 0 aliphatic heterocycles. The molecular weight excluding hydrogens is 504 g/mol. The first kappa shape index (κ1) is 30.3. The van der Waals surface area contributed by atoms with Gasteiger partial charge in [0.05, 0.1) is 23.9 Å². The number of fused-ring (bicyclic) bond motifs is 2. The lowest BCUT2D eigenvalue weighted by atomic mass is 10.1. The van der Waals surface area contributed by atoms with E-state index in [4.69, 9.17) is 22.0 Å². The zero-order chi connectivity index (χ0) is 25.9. The molecule has 4 heterocycles. The number of H-pyrrole nitrogens is 3. The predicted molar refractivity (Wildman–Crippen MR) is 141 cm³/mol. The molecule has 0 saturated heterocycles. The number of nitrogens with zero attached hydrogens (tertiary/aromatic N) is 3. The summed E-state index contributed by atoms with van der Waals surface area (Å²) in [5.74, 6) is 0. The fraction of sp³-hybridized carbons (Fsp3) is 0.304. The van der Waals surface area contributed by atoms with Crippen molar-refractivity contribution in [2.75, 3.05) is 6.26 Å². The van der Waals surface area contributed by atoms with Gasteiger partial charge in [-0.2, -0.15) is 4.98 Å². The highest BCUT2D eigenvalue weighted by Gasteiger charge is 2.18. The Balaban J connectivity index is 0.000000351. The summed E-state index contributed by atoms with van der Waals surface area (Å²) in [6.07, 6.45) is 2.45. The number of nitrogens with one attached hydrogen (secondary N) is 3. The lowest BCUT2D eigenvalue weighted by Crippen LogP contribution is -2.24. The molecule has 4 aromatic rings. The lowest BCUT2D eigenvalue weighted by molar-refractivity contribution is 0.545. The monoisotopic (exact) mass is 528 g/mol. The standard InChI is InChI=1S/C11H9N3O3S.C10H7N3O4.2CH4/c1-4-5-6-8(15)13-11(18-3)14-9(6)17-10(16)7(5)12-2;1-3-4-5-7(14)12-10(16)13-8(5)17-9(15)6(4)11-2;;/h4H2,1,3H3,(H,13,14,15);3H2,1H3,(H2,12,13,14,16);2*1H4. The highest BCUT2D eigenvalue weighted by Crippen LogP contribution is 2.23. The van der Waals surface area contributed by atoms with Gasteiger partial charge in [0.25, 0.3) is 22.5 Å². The van der Waals surface area contributed by atoms with Crippen molar-refractivity contribution < 1.29 is 8.83 Å². The molecule has 194 valence electrons. The van der Waals surface area contributed by atoms with Crippen LogP contribution in [-0.4, -0.2) is 26.2 Å². The maximum absolute atomic E-state index is 11.9. The SMILES string of the molecule is C.C.[C-]#[N+]c1c(CC)c2c(=O)[nH]c(=O)[nH]c2oc1=O.[C-]#[N+]c1c(CC)c2c(=O)[nH]c(SC)nc2oc1=O. The normalized spacial score (nSPS) is 9.86.